The Hall–Kier alpha value is -2.51. The Morgan fingerprint density at radius 2 is 2.00 bits per heavy atom. The van der Waals surface area contributed by atoms with Gasteiger partial charge in [0.25, 0.3) is 5.91 Å². The molecular weight excluding hydrogens is 419 g/mol. The van der Waals surface area contributed by atoms with Crippen LogP contribution in [-0.4, -0.2) is 46.6 Å². The third kappa shape index (κ3) is 6.24. The fourth-order valence-electron chi connectivity index (χ4n) is 3.00. The second kappa shape index (κ2) is 11.5. The van der Waals surface area contributed by atoms with Gasteiger partial charge >= 0.3 is 5.97 Å². The Labute approximate surface area is 181 Å². The quantitative estimate of drug-likeness (QED) is 0.705. The lowest BCUT2D eigenvalue weighted by Gasteiger charge is -2.18. The van der Waals surface area contributed by atoms with Gasteiger partial charge in [0.05, 0.1) is 12.5 Å². The predicted molar refractivity (Wildman–Crippen MR) is 112 cm³/mol. The number of benzene rings is 1. The normalized spacial score (nSPS) is 15.1. The van der Waals surface area contributed by atoms with Crippen LogP contribution in [0.3, 0.4) is 0 Å². The highest BCUT2D eigenvalue weighted by atomic mass is 35.5. The molecule has 0 saturated carbocycles. The molecule has 1 fully saturated rings. The number of aliphatic carboxylic acids is 1. The van der Waals surface area contributed by atoms with Gasteiger partial charge in [0, 0.05) is 36.6 Å². The van der Waals surface area contributed by atoms with Gasteiger partial charge in [-0.25, -0.2) is 0 Å². The number of carboxylic acid groups (broad SMARTS) is 1. The molecule has 0 radical (unpaired) electrons. The van der Waals surface area contributed by atoms with E-state index in [-0.39, 0.29) is 37.3 Å². The standard InChI is InChI=1S/C20H22N2O5.2ClH/c1-2-26-18-10-15(19(23)22-9-7-16(12-22)20(24)25)5-6-17(18)27-13-14-4-3-8-21-11-14;;/h3-6,8,10-11,16H,2,7,9,12-13H2,1H3,(H,24,25);2*1H. The highest BCUT2D eigenvalue weighted by Gasteiger charge is 2.31. The van der Waals surface area contributed by atoms with E-state index in [1.807, 2.05) is 19.1 Å². The van der Waals surface area contributed by atoms with Gasteiger partial charge in [0.15, 0.2) is 11.5 Å². The number of hydrogen-bond donors (Lipinski definition) is 1. The lowest BCUT2D eigenvalue weighted by molar-refractivity contribution is -0.141. The lowest BCUT2D eigenvalue weighted by Crippen LogP contribution is -2.29. The number of nitrogens with zero attached hydrogens (tertiary/aromatic N) is 2. The van der Waals surface area contributed by atoms with Crippen molar-refractivity contribution in [2.75, 3.05) is 19.7 Å². The average Bonchev–Trinajstić information content (AvgIpc) is 3.18. The highest BCUT2D eigenvalue weighted by Crippen LogP contribution is 2.30. The van der Waals surface area contributed by atoms with Crippen LogP contribution in [0.1, 0.15) is 29.3 Å². The van der Waals surface area contributed by atoms with Crippen molar-refractivity contribution in [3.8, 4) is 11.5 Å². The number of ether oxygens (including phenoxy) is 2. The van der Waals surface area contributed by atoms with Crippen LogP contribution < -0.4 is 9.47 Å². The number of rotatable bonds is 7. The summed E-state index contributed by atoms with van der Waals surface area (Å²) in [5.74, 6) is -0.524. The summed E-state index contributed by atoms with van der Waals surface area (Å²) in [4.78, 5) is 29.4. The van der Waals surface area contributed by atoms with Gasteiger partial charge in [0.1, 0.15) is 6.61 Å². The molecule has 2 heterocycles. The maximum absolute atomic E-state index is 12.7. The number of carboxylic acids is 1. The fraction of sp³-hybridized carbons (Fsp3) is 0.350. The van der Waals surface area contributed by atoms with Gasteiger partial charge in [-0.2, -0.15) is 0 Å². The van der Waals surface area contributed by atoms with E-state index in [4.69, 9.17) is 14.6 Å². The van der Waals surface area contributed by atoms with E-state index >= 15 is 0 Å². The van der Waals surface area contributed by atoms with Gasteiger partial charge in [-0.3, -0.25) is 14.6 Å². The molecule has 158 valence electrons. The van der Waals surface area contributed by atoms with Gasteiger partial charge in [-0.1, -0.05) is 6.07 Å². The smallest absolute Gasteiger partial charge is 0.308 e. The summed E-state index contributed by atoms with van der Waals surface area (Å²) in [6, 6.07) is 8.79. The van der Waals surface area contributed by atoms with E-state index in [2.05, 4.69) is 4.98 Å². The Balaban J connectivity index is 0.00000210. The molecule has 1 atom stereocenters. The zero-order valence-corrected chi connectivity index (χ0v) is 17.6. The summed E-state index contributed by atoms with van der Waals surface area (Å²) in [5, 5.41) is 9.11. The first kappa shape index (κ1) is 24.5. The number of amides is 1. The molecule has 1 aliphatic heterocycles. The first-order valence-electron chi connectivity index (χ1n) is 8.89. The Bertz CT molecular complexity index is 820. The lowest BCUT2D eigenvalue weighted by atomic mass is 10.1. The monoisotopic (exact) mass is 442 g/mol. The van der Waals surface area contributed by atoms with Gasteiger partial charge in [-0.15, -0.1) is 24.8 Å². The maximum atomic E-state index is 12.7. The number of pyridine rings is 1. The molecule has 1 amide bonds. The van der Waals surface area contributed by atoms with Gasteiger partial charge in [-0.05, 0) is 37.6 Å². The van der Waals surface area contributed by atoms with E-state index < -0.39 is 11.9 Å². The van der Waals surface area contributed by atoms with Crippen LogP contribution in [0.15, 0.2) is 42.7 Å². The topological polar surface area (TPSA) is 89.0 Å². The van der Waals surface area contributed by atoms with Crippen LogP contribution in [0.25, 0.3) is 0 Å². The summed E-state index contributed by atoms with van der Waals surface area (Å²) in [7, 11) is 0. The molecule has 1 unspecified atom stereocenters. The van der Waals surface area contributed by atoms with Crippen LogP contribution >= 0.6 is 24.8 Å². The molecule has 29 heavy (non-hydrogen) atoms. The molecule has 7 nitrogen and oxygen atoms in total. The molecule has 1 aromatic heterocycles. The molecule has 0 bridgehead atoms. The minimum Gasteiger partial charge on any atom is -0.490 e. The largest absolute Gasteiger partial charge is 0.490 e. The number of carbonyl (C=O) groups is 2. The van der Waals surface area contributed by atoms with Gasteiger partial charge in [0.2, 0.25) is 0 Å². The van der Waals surface area contributed by atoms with E-state index in [1.165, 1.54) is 0 Å². The summed E-state index contributed by atoms with van der Waals surface area (Å²) in [6.45, 7) is 3.31. The molecule has 9 heteroatoms. The fourth-order valence-corrected chi connectivity index (χ4v) is 3.00. The van der Waals surface area contributed by atoms with Crippen molar-refractivity contribution in [3.63, 3.8) is 0 Å². The molecule has 1 saturated heterocycles. The molecule has 0 spiro atoms. The number of hydrogen-bond acceptors (Lipinski definition) is 5. The summed E-state index contributed by atoms with van der Waals surface area (Å²) in [6.07, 6.45) is 3.90. The second-order valence-electron chi connectivity index (χ2n) is 6.32. The first-order chi connectivity index (χ1) is 13.1. The summed E-state index contributed by atoms with van der Waals surface area (Å²) < 4.78 is 11.4. The van der Waals surface area contributed by atoms with Crippen molar-refractivity contribution in [2.24, 2.45) is 5.92 Å². The minimum atomic E-state index is -0.862. The van der Waals surface area contributed by atoms with E-state index in [1.54, 1.807) is 35.5 Å². The van der Waals surface area contributed by atoms with Crippen LogP contribution in [0.4, 0.5) is 0 Å². The van der Waals surface area contributed by atoms with Crippen molar-refractivity contribution in [2.45, 2.75) is 20.0 Å². The third-order valence-electron chi connectivity index (χ3n) is 4.43. The molecular formula is C20H24Cl2N2O5. The Kier molecular flexibility index (Phi) is 9.71. The molecule has 3 rings (SSSR count). The zero-order chi connectivity index (χ0) is 19.2. The number of likely N-dealkylation sites (tertiary alicyclic amines) is 1. The highest BCUT2D eigenvalue weighted by molar-refractivity contribution is 5.95. The van der Waals surface area contributed by atoms with E-state index in [9.17, 15) is 9.59 Å². The number of aromatic nitrogens is 1. The molecule has 0 aliphatic carbocycles. The Morgan fingerprint density at radius 3 is 2.62 bits per heavy atom. The number of halogens is 2. The maximum Gasteiger partial charge on any atom is 0.308 e. The molecule has 1 aromatic carbocycles. The predicted octanol–water partition coefficient (Wildman–Crippen LogP) is 3.45. The van der Waals surface area contributed by atoms with Crippen LogP contribution in [0.2, 0.25) is 0 Å². The van der Waals surface area contributed by atoms with Crippen molar-refractivity contribution in [1.29, 1.82) is 0 Å². The van der Waals surface area contributed by atoms with E-state index in [0.29, 0.717) is 43.2 Å². The van der Waals surface area contributed by atoms with Crippen molar-refractivity contribution >= 4 is 36.7 Å². The molecule has 1 aliphatic rings. The van der Waals surface area contributed by atoms with Crippen LogP contribution in [-0.2, 0) is 11.4 Å². The first-order valence-corrected chi connectivity index (χ1v) is 8.89. The van der Waals surface area contributed by atoms with Gasteiger partial charge < -0.3 is 19.5 Å². The van der Waals surface area contributed by atoms with Crippen LogP contribution in [0, 0.1) is 5.92 Å². The third-order valence-corrected chi connectivity index (χ3v) is 4.43. The van der Waals surface area contributed by atoms with E-state index in [0.717, 1.165) is 5.56 Å². The summed E-state index contributed by atoms with van der Waals surface area (Å²) >= 11 is 0. The zero-order valence-electron chi connectivity index (χ0n) is 15.9. The Morgan fingerprint density at radius 1 is 1.21 bits per heavy atom. The molecule has 2 aromatic rings. The second-order valence-corrected chi connectivity index (χ2v) is 6.32. The average molecular weight is 443 g/mol. The molecule has 1 N–H and O–H groups in total. The van der Waals surface area contributed by atoms with Crippen molar-refractivity contribution in [3.05, 3.63) is 53.9 Å². The minimum absolute atomic E-state index is 0. The van der Waals surface area contributed by atoms with Crippen molar-refractivity contribution in [1.82, 2.24) is 9.88 Å². The van der Waals surface area contributed by atoms with Crippen molar-refractivity contribution < 1.29 is 24.2 Å². The number of carbonyl (C=O) groups excluding carboxylic acids is 1. The summed E-state index contributed by atoms with van der Waals surface area (Å²) in [5.41, 5.74) is 1.38. The SMILES string of the molecule is CCOc1cc(C(=O)N2CCC(C(=O)O)C2)ccc1OCc1cccnc1.Cl.Cl. The van der Waals surface area contributed by atoms with Crippen LogP contribution in [0.5, 0.6) is 11.5 Å².